The predicted molar refractivity (Wildman–Crippen MR) is 73.3 cm³/mol. The molecule has 0 aromatic heterocycles. The highest BCUT2D eigenvalue weighted by atomic mass is 35.5. The van der Waals surface area contributed by atoms with Crippen LogP contribution in [0.4, 0.5) is 0 Å². The molecule has 1 aromatic rings. The van der Waals surface area contributed by atoms with E-state index in [9.17, 15) is 0 Å². The van der Waals surface area contributed by atoms with Crippen LogP contribution in [0.2, 0.25) is 0 Å². The molecule has 0 aliphatic heterocycles. The molecule has 0 bridgehead atoms. The Morgan fingerprint density at radius 1 is 1.00 bits per heavy atom. The molecule has 1 atom stereocenters. The monoisotopic (exact) mass is 238 g/mol. The Bertz CT molecular complexity index is 255. The third-order valence-corrected chi connectivity index (χ3v) is 3.49. The molecule has 90 valence electrons. The fraction of sp³-hybridized carbons (Fsp3) is 0.600. The van der Waals surface area contributed by atoms with E-state index in [1.165, 1.54) is 44.1 Å². The summed E-state index contributed by atoms with van der Waals surface area (Å²) in [5.41, 5.74) is 1.40. The normalized spacial score (nSPS) is 12.6. The maximum Gasteiger partial charge on any atom is 0.0292 e. The van der Waals surface area contributed by atoms with Gasteiger partial charge in [0, 0.05) is 5.88 Å². The van der Waals surface area contributed by atoms with Gasteiger partial charge in [0.1, 0.15) is 0 Å². The summed E-state index contributed by atoms with van der Waals surface area (Å²) < 4.78 is 0. The van der Waals surface area contributed by atoms with Gasteiger partial charge in [0.2, 0.25) is 0 Å². The number of rotatable bonds is 8. The van der Waals surface area contributed by atoms with Crippen molar-refractivity contribution in [2.75, 3.05) is 5.88 Å². The quantitative estimate of drug-likeness (QED) is 0.422. The molecule has 0 radical (unpaired) electrons. The van der Waals surface area contributed by atoms with Gasteiger partial charge in [0.25, 0.3) is 0 Å². The number of hydrogen-bond acceptors (Lipinski definition) is 0. The second kappa shape index (κ2) is 8.64. The van der Waals surface area contributed by atoms with E-state index in [-0.39, 0.29) is 0 Å². The molecule has 0 spiro atoms. The van der Waals surface area contributed by atoms with Gasteiger partial charge < -0.3 is 0 Å². The molecular weight excluding hydrogens is 216 g/mol. The third kappa shape index (κ3) is 5.03. The average molecular weight is 239 g/mol. The Kier molecular flexibility index (Phi) is 7.33. The molecule has 0 fully saturated rings. The minimum atomic E-state index is 0.546. The summed E-state index contributed by atoms with van der Waals surface area (Å²) in [5.74, 6) is 1.29. The Labute approximate surface area is 105 Å². The Morgan fingerprint density at radius 3 is 2.31 bits per heavy atom. The van der Waals surface area contributed by atoms with Crippen LogP contribution in [0.5, 0.6) is 0 Å². The minimum absolute atomic E-state index is 0.546. The smallest absolute Gasteiger partial charge is 0.0292 e. The molecular formula is C15H23Cl. The highest BCUT2D eigenvalue weighted by Crippen LogP contribution is 2.23. The fourth-order valence-electron chi connectivity index (χ4n) is 2.05. The molecule has 0 heterocycles. The van der Waals surface area contributed by atoms with Crippen LogP contribution < -0.4 is 0 Å². The van der Waals surface area contributed by atoms with E-state index in [0.717, 1.165) is 5.88 Å². The molecule has 1 heteroatoms. The van der Waals surface area contributed by atoms with Crippen LogP contribution in [0.25, 0.3) is 0 Å². The molecule has 0 nitrogen and oxygen atoms in total. The topological polar surface area (TPSA) is 0 Å². The molecule has 0 saturated heterocycles. The number of halogens is 1. The first-order valence-corrected chi connectivity index (χ1v) is 7.02. The van der Waals surface area contributed by atoms with E-state index in [0.29, 0.717) is 5.92 Å². The highest BCUT2D eigenvalue weighted by Gasteiger charge is 2.08. The SMILES string of the molecule is CCCCCCCC(CCl)c1ccccc1. The number of alkyl halides is 1. The summed E-state index contributed by atoms with van der Waals surface area (Å²) in [6.07, 6.45) is 7.96. The van der Waals surface area contributed by atoms with Gasteiger partial charge in [-0.2, -0.15) is 0 Å². The first-order valence-electron chi connectivity index (χ1n) is 6.49. The zero-order valence-electron chi connectivity index (χ0n) is 10.3. The van der Waals surface area contributed by atoms with Gasteiger partial charge in [-0.25, -0.2) is 0 Å². The van der Waals surface area contributed by atoms with Crippen LogP contribution >= 0.6 is 11.6 Å². The molecule has 0 amide bonds. The van der Waals surface area contributed by atoms with E-state index in [2.05, 4.69) is 37.3 Å². The zero-order valence-corrected chi connectivity index (χ0v) is 11.0. The van der Waals surface area contributed by atoms with Crippen molar-refractivity contribution in [1.29, 1.82) is 0 Å². The molecule has 0 saturated carbocycles. The van der Waals surface area contributed by atoms with Crippen LogP contribution in [0.1, 0.15) is 56.9 Å². The highest BCUT2D eigenvalue weighted by molar-refractivity contribution is 6.18. The van der Waals surface area contributed by atoms with Crippen LogP contribution in [0.15, 0.2) is 30.3 Å². The summed E-state index contributed by atoms with van der Waals surface area (Å²) >= 11 is 6.04. The second-order valence-corrected chi connectivity index (χ2v) is 4.77. The van der Waals surface area contributed by atoms with Crippen LogP contribution in [0, 0.1) is 0 Å². The predicted octanol–water partition coefficient (Wildman–Crippen LogP) is 5.37. The first-order chi connectivity index (χ1) is 7.88. The number of hydrogen-bond donors (Lipinski definition) is 0. The van der Waals surface area contributed by atoms with Gasteiger partial charge in [-0.1, -0.05) is 69.4 Å². The molecule has 1 aromatic carbocycles. The van der Waals surface area contributed by atoms with Crippen LogP contribution in [-0.4, -0.2) is 5.88 Å². The van der Waals surface area contributed by atoms with Crippen molar-refractivity contribution in [3.63, 3.8) is 0 Å². The second-order valence-electron chi connectivity index (χ2n) is 4.46. The molecule has 0 aliphatic carbocycles. The summed E-state index contributed by atoms with van der Waals surface area (Å²) in [6.45, 7) is 2.26. The lowest BCUT2D eigenvalue weighted by atomic mass is 9.94. The maximum atomic E-state index is 6.04. The fourth-order valence-corrected chi connectivity index (χ4v) is 2.38. The van der Waals surface area contributed by atoms with Crippen molar-refractivity contribution in [1.82, 2.24) is 0 Å². The summed E-state index contributed by atoms with van der Waals surface area (Å²) in [7, 11) is 0. The van der Waals surface area contributed by atoms with Crippen molar-refractivity contribution in [3.05, 3.63) is 35.9 Å². The van der Waals surface area contributed by atoms with Crippen molar-refractivity contribution in [2.24, 2.45) is 0 Å². The summed E-state index contributed by atoms with van der Waals surface area (Å²) in [4.78, 5) is 0. The van der Waals surface area contributed by atoms with Crippen LogP contribution in [-0.2, 0) is 0 Å². The Balaban J connectivity index is 2.27. The largest absolute Gasteiger partial charge is 0.126 e. The van der Waals surface area contributed by atoms with Crippen molar-refractivity contribution < 1.29 is 0 Å². The van der Waals surface area contributed by atoms with E-state index < -0.39 is 0 Å². The Morgan fingerprint density at radius 2 is 1.69 bits per heavy atom. The standard InChI is InChI=1S/C15H23Cl/c1-2-3-4-5-7-12-15(13-16)14-10-8-6-9-11-14/h6,8-11,15H,2-5,7,12-13H2,1H3. The summed E-state index contributed by atoms with van der Waals surface area (Å²) in [5, 5.41) is 0. The van der Waals surface area contributed by atoms with E-state index in [1.54, 1.807) is 0 Å². The Hall–Kier alpha value is -0.490. The molecule has 0 N–H and O–H groups in total. The van der Waals surface area contributed by atoms with Crippen molar-refractivity contribution >= 4 is 11.6 Å². The molecule has 1 unspecified atom stereocenters. The lowest BCUT2D eigenvalue weighted by Crippen LogP contribution is -2.00. The van der Waals surface area contributed by atoms with Gasteiger partial charge in [0.15, 0.2) is 0 Å². The van der Waals surface area contributed by atoms with Crippen molar-refractivity contribution in [2.45, 2.75) is 51.4 Å². The van der Waals surface area contributed by atoms with Gasteiger partial charge in [-0.05, 0) is 17.9 Å². The lowest BCUT2D eigenvalue weighted by molar-refractivity contribution is 0.569. The first kappa shape index (κ1) is 13.6. The zero-order chi connectivity index (χ0) is 11.6. The molecule has 16 heavy (non-hydrogen) atoms. The van der Waals surface area contributed by atoms with Gasteiger partial charge in [-0.3, -0.25) is 0 Å². The third-order valence-electron chi connectivity index (χ3n) is 3.11. The van der Waals surface area contributed by atoms with E-state index >= 15 is 0 Å². The van der Waals surface area contributed by atoms with Gasteiger partial charge in [0.05, 0.1) is 0 Å². The van der Waals surface area contributed by atoms with Crippen molar-refractivity contribution in [3.8, 4) is 0 Å². The molecule has 0 aliphatic rings. The lowest BCUT2D eigenvalue weighted by Gasteiger charge is -2.13. The number of unbranched alkanes of at least 4 members (excludes halogenated alkanes) is 4. The maximum absolute atomic E-state index is 6.04. The van der Waals surface area contributed by atoms with E-state index in [1.807, 2.05) is 0 Å². The molecule has 1 rings (SSSR count). The summed E-state index contributed by atoms with van der Waals surface area (Å²) in [6, 6.07) is 10.7. The van der Waals surface area contributed by atoms with E-state index in [4.69, 9.17) is 11.6 Å². The van der Waals surface area contributed by atoms with Gasteiger partial charge >= 0.3 is 0 Å². The number of benzene rings is 1. The average Bonchev–Trinajstić information content (AvgIpc) is 2.35. The van der Waals surface area contributed by atoms with Crippen LogP contribution in [0.3, 0.4) is 0 Å². The van der Waals surface area contributed by atoms with Gasteiger partial charge in [-0.15, -0.1) is 11.6 Å². The minimum Gasteiger partial charge on any atom is -0.126 e.